The number of benzene rings is 1. The molecule has 0 aliphatic carbocycles. The summed E-state index contributed by atoms with van der Waals surface area (Å²) in [5, 5.41) is 7.39. The van der Waals surface area contributed by atoms with Gasteiger partial charge in [-0.1, -0.05) is 28.9 Å². The van der Waals surface area contributed by atoms with Crippen molar-refractivity contribution in [2.75, 3.05) is 26.7 Å². The molecule has 1 N–H and O–H groups in total. The van der Waals surface area contributed by atoms with Gasteiger partial charge in [0.25, 0.3) is 5.91 Å². The van der Waals surface area contributed by atoms with E-state index in [0.717, 1.165) is 12.1 Å². The molecule has 2 atom stereocenters. The first-order chi connectivity index (χ1) is 11.1. The van der Waals surface area contributed by atoms with Gasteiger partial charge in [0, 0.05) is 18.1 Å². The van der Waals surface area contributed by atoms with Gasteiger partial charge in [0.05, 0.1) is 6.61 Å². The van der Waals surface area contributed by atoms with Gasteiger partial charge in [-0.3, -0.25) is 4.79 Å². The molecule has 1 fully saturated rings. The Bertz CT molecular complexity index is 647. The molecule has 1 aliphatic heterocycles. The molecule has 1 aromatic carbocycles. The Hall–Kier alpha value is -1.96. The van der Waals surface area contributed by atoms with Crippen molar-refractivity contribution >= 4 is 17.5 Å². The van der Waals surface area contributed by atoms with Crippen LogP contribution in [0.4, 0.5) is 0 Å². The van der Waals surface area contributed by atoms with Crippen LogP contribution in [0.3, 0.4) is 0 Å². The zero-order valence-corrected chi connectivity index (χ0v) is 13.4. The van der Waals surface area contributed by atoms with Crippen LogP contribution in [0.25, 0.3) is 0 Å². The van der Waals surface area contributed by atoms with Crippen LogP contribution in [0.1, 0.15) is 17.4 Å². The summed E-state index contributed by atoms with van der Waals surface area (Å²) >= 11 is 5.92. The van der Waals surface area contributed by atoms with E-state index in [0.29, 0.717) is 24.0 Å². The topological polar surface area (TPSA) is 80.5 Å². The number of halogens is 1. The van der Waals surface area contributed by atoms with Crippen LogP contribution in [0.5, 0.6) is 0 Å². The average molecular weight is 337 g/mol. The first-order valence-electron chi connectivity index (χ1n) is 7.26. The van der Waals surface area contributed by atoms with Gasteiger partial charge in [-0.15, -0.1) is 0 Å². The largest absolute Gasteiger partial charge is 0.366 e. The van der Waals surface area contributed by atoms with Gasteiger partial charge >= 0.3 is 0 Å². The maximum atomic E-state index is 12.5. The van der Waals surface area contributed by atoms with Crippen molar-refractivity contribution in [1.29, 1.82) is 0 Å². The van der Waals surface area contributed by atoms with E-state index in [9.17, 15) is 4.79 Å². The quantitative estimate of drug-likeness (QED) is 0.905. The molecule has 122 valence electrons. The van der Waals surface area contributed by atoms with Crippen molar-refractivity contribution < 1.29 is 14.1 Å². The first-order valence-corrected chi connectivity index (χ1v) is 7.63. The lowest BCUT2D eigenvalue weighted by Gasteiger charge is -2.30. The highest BCUT2D eigenvalue weighted by atomic mass is 35.5. The molecular weight excluding hydrogens is 320 g/mol. The summed E-state index contributed by atoms with van der Waals surface area (Å²) in [6, 6.07) is 6.62. The minimum absolute atomic E-state index is 0.207. The number of nitrogens with one attached hydrogen (secondary N) is 1. The lowest BCUT2D eigenvalue weighted by atomic mass is 10.1. The number of aromatic nitrogens is 2. The second-order valence-corrected chi connectivity index (χ2v) is 5.84. The van der Waals surface area contributed by atoms with Gasteiger partial charge in [-0.05, 0) is 24.7 Å². The number of rotatable bonds is 4. The van der Waals surface area contributed by atoms with E-state index in [2.05, 4.69) is 20.4 Å². The van der Waals surface area contributed by atoms with E-state index in [-0.39, 0.29) is 5.91 Å². The van der Waals surface area contributed by atoms with Crippen LogP contribution in [-0.4, -0.2) is 53.8 Å². The number of hydrogen-bond donors (Lipinski definition) is 1. The van der Waals surface area contributed by atoms with E-state index in [1.54, 1.807) is 12.1 Å². The molecule has 0 radical (unpaired) electrons. The van der Waals surface area contributed by atoms with Crippen molar-refractivity contribution in [2.24, 2.45) is 0 Å². The predicted octanol–water partition coefficient (Wildman–Crippen LogP) is 1.26. The second kappa shape index (κ2) is 7.08. The number of likely N-dealkylation sites (N-methyl/N-ethyl adjacent to an activating group) is 1. The smallest absolute Gasteiger partial charge is 0.251 e. The Kier molecular flexibility index (Phi) is 4.90. The molecule has 1 amide bonds. The van der Waals surface area contributed by atoms with Crippen molar-refractivity contribution in [3.8, 4) is 0 Å². The monoisotopic (exact) mass is 336 g/mol. The van der Waals surface area contributed by atoms with Crippen molar-refractivity contribution in [3.05, 3.63) is 47.1 Å². The molecule has 1 aromatic heterocycles. The number of ether oxygens (including phenoxy) is 1. The Labute approximate surface area is 138 Å². The second-order valence-electron chi connectivity index (χ2n) is 5.40. The van der Waals surface area contributed by atoms with Crippen molar-refractivity contribution in [2.45, 2.75) is 12.1 Å². The maximum absolute atomic E-state index is 12.5. The third-order valence-electron chi connectivity index (χ3n) is 3.69. The maximum Gasteiger partial charge on any atom is 0.251 e. The molecule has 0 saturated carbocycles. The zero-order chi connectivity index (χ0) is 16.2. The molecule has 1 aliphatic rings. The molecule has 1 saturated heterocycles. The molecular formula is C15H17ClN4O3. The SMILES string of the molecule is CN1CCO[C@@H](C(=O)N[C@H](c2ccc(Cl)cc2)c2ncon2)C1. The molecule has 23 heavy (non-hydrogen) atoms. The highest BCUT2D eigenvalue weighted by Gasteiger charge is 2.29. The highest BCUT2D eigenvalue weighted by Crippen LogP contribution is 2.21. The Morgan fingerprint density at radius 3 is 2.87 bits per heavy atom. The van der Waals surface area contributed by atoms with E-state index in [1.165, 1.54) is 6.39 Å². The van der Waals surface area contributed by atoms with Crippen molar-refractivity contribution in [3.63, 3.8) is 0 Å². The van der Waals surface area contributed by atoms with E-state index < -0.39 is 12.1 Å². The molecule has 3 rings (SSSR count). The van der Waals surface area contributed by atoms with E-state index in [4.69, 9.17) is 20.9 Å². The van der Waals surface area contributed by atoms with Crippen LogP contribution >= 0.6 is 11.6 Å². The molecule has 2 heterocycles. The Morgan fingerprint density at radius 2 is 2.22 bits per heavy atom. The summed E-state index contributed by atoms with van der Waals surface area (Å²) in [5.41, 5.74) is 0.813. The van der Waals surface area contributed by atoms with Gasteiger partial charge in [-0.2, -0.15) is 4.98 Å². The lowest BCUT2D eigenvalue weighted by Crippen LogP contribution is -2.49. The fraction of sp³-hybridized carbons (Fsp3) is 0.400. The van der Waals surface area contributed by atoms with Gasteiger partial charge in [0.15, 0.2) is 5.82 Å². The van der Waals surface area contributed by atoms with Gasteiger partial charge in [0.2, 0.25) is 6.39 Å². The molecule has 2 aromatic rings. The number of morpholine rings is 1. The van der Waals surface area contributed by atoms with E-state index in [1.807, 2.05) is 19.2 Å². The van der Waals surface area contributed by atoms with Gasteiger partial charge in [0.1, 0.15) is 12.1 Å². The molecule has 7 nitrogen and oxygen atoms in total. The zero-order valence-electron chi connectivity index (χ0n) is 12.6. The molecule has 0 spiro atoms. The minimum Gasteiger partial charge on any atom is -0.366 e. The summed E-state index contributed by atoms with van der Waals surface area (Å²) in [4.78, 5) is 18.6. The Balaban J connectivity index is 1.79. The van der Waals surface area contributed by atoms with Gasteiger partial charge in [-0.25, -0.2) is 0 Å². The number of nitrogens with zero attached hydrogens (tertiary/aromatic N) is 3. The summed E-state index contributed by atoms with van der Waals surface area (Å²) in [5.74, 6) is 0.172. The summed E-state index contributed by atoms with van der Waals surface area (Å²) in [6.45, 7) is 1.89. The predicted molar refractivity (Wildman–Crippen MR) is 83.0 cm³/mol. The first kappa shape index (κ1) is 15.9. The van der Waals surface area contributed by atoms with Crippen LogP contribution in [-0.2, 0) is 9.53 Å². The highest BCUT2D eigenvalue weighted by molar-refractivity contribution is 6.30. The Morgan fingerprint density at radius 1 is 1.43 bits per heavy atom. The fourth-order valence-corrected chi connectivity index (χ4v) is 2.56. The van der Waals surface area contributed by atoms with Crippen molar-refractivity contribution in [1.82, 2.24) is 20.4 Å². The third kappa shape index (κ3) is 3.87. The summed E-state index contributed by atoms with van der Waals surface area (Å²) < 4.78 is 10.4. The van der Waals surface area contributed by atoms with Crippen LogP contribution < -0.4 is 5.32 Å². The molecule has 0 unspecified atom stereocenters. The van der Waals surface area contributed by atoms with E-state index >= 15 is 0 Å². The number of carbonyl (C=O) groups excluding carboxylic acids is 1. The number of carbonyl (C=O) groups is 1. The van der Waals surface area contributed by atoms with Gasteiger partial charge < -0.3 is 19.5 Å². The van der Waals surface area contributed by atoms with Crippen LogP contribution in [0.15, 0.2) is 35.2 Å². The number of amides is 1. The number of hydrogen-bond acceptors (Lipinski definition) is 6. The normalized spacial score (nSPS) is 20.2. The summed E-state index contributed by atoms with van der Waals surface area (Å²) in [7, 11) is 1.96. The summed E-state index contributed by atoms with van der Waals surface area (Å²) in [6.07, 6.45) is 0.713. The minimum atomic E-state index is -0.519. The molecule has 8 heteroatoms. The fourth-order valence-electron chi connectivity index (χ4n) is 2.43. The third-order valence-corrected chi connectivity index (χ3v) is 3.94. The standard InChI is InChI=1S/C15H17ClN4O3/c1-20-6-7-22-12(8-20)15(21)18-13(14-17-9-23-19-14)10-2-4-11(16)5-3-10/h2-5,9,12-13H,6-8H2,1H3,(H,18,21)/t12-,13-/m1/s1. The van der Waals surface area contributed by atoms with Crippen LogP contribution in [0.2, 0.25) is 5.02 Å². The lowest BCUT2D eigenvalue weighted by molar-refractivity contribution is -0.138. The average Bonchev–Trinajstić information content (AvgIpc) is 3.07. The van der Waals surface area contributed by atoms with Crippen LogP contribution in [0, 0.1) is 0 Å². The molecule has 0 bridgehead atoms.